The van der Waals surface area contributed by atoms with Crippen LogP contribution in [0, 0.1) is 0 Å². The standard InChI is InChI=1S/C16H16N2O3/c1-2-21-15-9-3-12(4-10-15)16(18-20)11-17-13-5-7-14(19)8-6-13/h3-11,19-20H,2H2,1H3. The minimum atomic E-state index is 0.177. The number of benzene rings is 2. The van der Waals surface area contributed by atoms with E-state index < -0.39 is 0 Å². The van der Waals surface area contributed by atoms with Crippen LogP contribution >= 0.6 is 0 Å². The van der Waals surface area contributed by atoms with E-state index in [1.165, 1.54) is 6.21 Å². The van der Waals surface area contributed by atoms with Crippen molar-refractivity contribution in [3.63, 3.8) is 0 Å². The van der Waals surface area contributed by atoms with Crippen LogP contribution in [0.5, 0.6) is 11.5 Å². The summed E-state index contributed by atoms with van der Waals surface area (Å²) in [6.45, 7) is 2.52. The number of aromatic hydroxyl groups is 1. The van der Waals surface area contributed by atoms with Crippen molar-refractivity contribution < 1.29 is 15.1 Å². The second kappa shape index (κ2) is 7.09. The van der Waals surface area contributed by atoms with Gasteiger partial charge in [-0.15, -0.1) is 0 Å². The molecule has 0 aliphatic carbocycles. The van der Waals surface area contributed by atoms with Gasteiger partial charge in [-0.3, -0.25) is 4.99 Å². The molecule has 0 saturated carbocycles. The Kier molecular flexibility index (Phi) is 4.93. The van der Waals surface area contributed by atoms with E-state index in [1.54, 1.807) is 48.5 Å². The van der Waals surface area contributed by atoms with Crippen molar-refractivity contribution in [2.75, 3.05) is 6.61 Å². The van der Waals surface area contributed by atoms with Crippen molar-refractivity contribution in [2.24, 2.45) is 10.1 Å². The molecule has 0 saturated heterocycles. The highest BCUT2D eigenvalue weighted by Crippen LogP contribution is 2.17. The van der Waals surface area contributed by atoms with Gasteiger partial charge in [0.25, 0.3) is 0 Å². The molecule has 2 rings (SSSR count). The number of phenols is 1. The fraction of sp³-hybridized carbons (Fsp3) is 0.125. The summed E-state index contributed by atoms with van der Waals surface area (Å²) in [5.74, 6) is 0.936. The average Bonchev–Trinajstić information content (AvgIpc) is 2.51. The number of nitrogens with zero attached hydrogens (tertiary/aromatic N) is 2. The van der Waals surface area contributed by atoms with Crippen molar-refractivity contribution in [1.29, 1.82) is 0 Å². The Morgan fingerprint density at radius 3 is 2.33 bits per heavy atom. The monoisotopic (exact) mass is 284 g/mol. The topological polar surface area (TPSA) is 74.4 Å². The van der Waals surface area contributed by atoms with E-state index in [4.69, 9.17) is 9.94 Å². The molecular weight excluding hydrogens is 268 g/mol. The van der Waals surface area contributed by atoms with Crippen LogP contribution in [0.15, 0.2) is 58.7 Å². The van der Waals surface area contributed by atoms with Crippen molar-refractivity contribution in [3.05, 3.63) is 54.1 Å². The molecule has 5 heteroatoms. The number of ether oxygens (including phenoxy) is 1. The van der Waals surface area contributed by atoms with Crippen LogP contribution in [0.2, 0.25) is 0 Å². The maximum atomic E-state index is 9.20. The zero-order valence-corrected chi connectivity index (χ0v) is 11.6. The molecule has 0 atom stereocenters. The first kappa shape index (κ1) is 14.6. The van der Waals surface area contributed by atoms with Crippen LogP contribution < -0.4 is 4.74 Å². The molecule has 0 fully saturated rings. The maximum absolute atomic E-state index is 9.20. The zero-order chi connectivity index (χ0) is 15.1. The zero-order valence-electron chi connectivity index (χ0n) is 11.6. The highest BCUT2D eigenvalue weighted by Gasteiger charge is 2.02. The molecule has 0 unspecified atom stereocenters. The molecule has 0 bridgehead atoms. The Morgan fingerprint density at radius 2 is 1.76 bits per heavy atom. The summed E-state index contributed by atoms with van der Waals surface area (Å²) in [5, 5.41) is 21.5. The minimum absolute atomic E-state index is 0.177. The van der Waals surface area contributed by atoms with Crippen LogP contribution in [-0.4, -0.2) is 28.8 Å². The smallest absolute Gasteiger partial charge is 0.128 e. The average molecular weight is 284 g/mol. The maximum Gasteiger partial charge on any atom is 0.128 e. The lowest BCUT2D eigenvalue weighted by Gasteiger charge is -2.04. The fourth-order valence-electron chi connectivity index (χ4n) is 1.72. The molecule has 2 aromatic carbocycles. The lowest BCUT2D eigenvalue weighted by molar-refractivity contribution is 0.320. The van der Waals surface area contributed by atoms with Gasteiger partial charge in [0, 0.05) is 5.56 Å². The number of hydrogen-bond acceptors (Lipinski definition) is 5. The molecule has 2 N–H and O–H groups in total. The molecule has 0 aliphatic heterocycles. The molecular formula is C16H16N2O3. The Bertz CT molecular complexity index is 632. The van der Waals surface area contributed by atoms with E-state index >= 15 is 0 Å². The second-order valence-corrected chi connectivity index (χ2v) is 4.22. The molecule has 0 aliphatic rings. The third-order valence-corrected chi connectivity index (χ3v) is 2.75. The summed E-state index contributed by atoms with van der Waals surface area (Å²) in [6, 6.07) is 13.6. The third-order valence-electron chi connectivity index (χ3n) is 2.75. The first-order valence-electron chi connectivity index (χ1n) is 6.51. The number of oxime groups is 1. The number of phenolic OH excluding ortho intramolecular Hbond substituents is 1. The summed E-state index contributed by atoms with van der Waals surface area (Å²) in [6.07, 6.45) is 1.46. The van der Waals surface area contributed by atoms with Crippen LogP contribution in [0.3, 0.4) is 0 Å². The lowest BCUT2D eigenvalue weighted by atomic mass is 10.1. The van der Waals surface area contributed by atoms with Crippen molar-refractivity contribution in [2.45, 2.75) is 6.92 Å². The molecule has 0 amide bonds. The molecule has 0 spiro atoms. The summed E-state index contributed by atoms with van der Waals surface area (Å²) in [5.41, 5.74) is 1.72. The molecule has 0 radical (unpaired) electrons. The van der Waals surface area contributed by atoms with Crippen LogP contribution in [0.4, 0.5) is 5.69 Å². The van der Waals surface area contributed by atoms with E-state index in [-0.39, 0.29) is 5.75 Å². The Balaban J connectivity index is 2.14. The molecule has 0 heterocycles. The predicted octanol–water partition coefficient (Wildman–Crippen LogP) is 3.37. The quantitative estimate of drug-likeness (QED) is 0.502. The van der Waals surface area contributed by atoms with Gasteiger partial charge in [-0.25, -0.2) is 0 Å². The van der Waals surface area contributed by atoms with E-state index in [2.05, 4.69) is 10.1 Å². The predicted molar refractivity (Wildman–Crippen MR) is 82.2 cm³/mol. The third kappa shape index (κ3) is 4.07. The van der Waals surface area contributed by atoms with Gasteiger partial charge >= 0.3 is 0 Å². The molecule has 2 aromatic rings. The molecule has 21 heavy (non-hydrogen) atoms. The SMILES string of the molecule is CCOc1ccc(C(C=Nc2ccc(O)cc2)=NO)cc1. The summed E-state index contributed by atoms with van der Waals surface area (Å²) < 4.78 is 5.36. The van der Waals surface area contributed by atoms with Crippen molar-refractivity contribution >= 4 is 17.6 Å². The fourth-order valence-corrected chi connectivity index (χ4v) is 1.72. The summed E-state index contributed by atoms with van der Waals surface area (Å²) in [7, 11) is 0. The highest BCUT2D eigenvalue weighted by molar-refractivity contribution is 6.38. The minimum Gasteiger partial charge on any atom is -0.508 e. The highest BCUT2D eigenvalue weighted by atomic mass is 16.5. The van der Waals surface area contributed by atoms with E-state index in [9.17, 15) is 5.11 Å². The van der Waals surface area contributed by atoms with Crippen molar-refractivity contribution in [3.8, 4) is 11.5 Å². The van der Waals surface area contributed by atoms with Crippen LogP contribution in [0.1, 0.15) is 12.5 Å². The van der Waals surface area contributed by atoms with E-state index in [0.29, 0.717) is 18.0 Å². The van der Waals surface area contributed by atoms with Gasteiger partial charge in [0.15, 0.2) is 0 Å². The van der Waals surface area contributed by atoms with E-state index in [1.807, 2.05) is 6.92 Å². The summed E-state index contributed by atoms with van der Waals surface area (Å²) in [4.78, 5) is 4.20. The van der Waals surface area contributed by atoms with Gasteiger partial charge in [-0.2, -0.15) is 0 Å². The van der Waals surface area contributed by atoms with Gasteiger partial charge in [-0.05, 0) is 55.5 Å². The normalized spacial score (nSPS) is 11.8. The molecule has 108 valence electrons. The molecule has 5 nitrogen and oxygen atoms in total. The number of hydrogen-bond donors (Lipinski definition) is 2. The van der Waals surface area contributed by atoms with Crippen LogP contribution in [0.25, 0.3) is 0 Å². The first-order chi connectivity index (χ1) is 10.2. The largest absolute Gasteiger partial charge is 0.508 e. The van der Waals surface area contributed by atoms with Gasteiger partial charge < -0.3 is 15.1 Å². The Hall–Kier alpha value is -2.82. The molecule has 0 aromatic heterocycles. The lowest BCUT2D eigenvalue weighted by Crippen LogP contribution is -2.02. The van der Waals surface area contributed by atoms with E-state index in [0.717, 1.165) is 11.3 Å². The number of aliphatic imine (C=N–C) groups is 1. The second-order valence-electron chi connectivity index (χ2n) is 4.22. The first-order valence-corrected chi connectivity index (χ1v) is 6.51. The van der Waals surface area contributed by atoms with Gasteiger partial charge in [-0.1, -0.05) is 5.16 Å². The van der Waals surface area contributed by atoms with Crippen LogP contribution in [-0.2, 0) is 0 Å². The van der Waals surface area contributed by atoms with Gasteiger partial charge in [0.2, 0.25) is 0 Å². The summed E-state index contributed by atoms with van der Waals surface area (Å²) >= 11 is 0. The Morgan fingerprint density at radius 1 is 1.10 bits per heavy atom. The van der Waals surface area contributed by atoms with Gasteiger partial charge in [0.1, 0.15) is 17.2 Å². The van der Waals surface area contributed by atoms with Crippen molar-refractivity contribution in [1.82, 2.24) is 0 Å². The van der Waals surface area contributed by atoms with Gasteiger partial charge in [0.05, 0.1) is 18.5 Å². The number of rotatable bonds is 5. The Labute approximate surface area is 122 Å².